The van der Waals surface area contributed by atoms with Gasteiger partial charge in [-0.05, 0) is 35.0 Å². The fourth-order valence-electron chi connectivity index (χ4n) is 3.05. The minimum atomic E-state index is -3.61. The molecule has 1 atom stereocenters. The van der Waals surface area contributed by atoms with Crippen molar-refractivity contribution in [2.75, 3.05) is 20.2 Å². The second kappa shape index (κ2) is 6.63. The number of nitrogens with zero attached hydrogens (tertiary/aromatic N) is 1. The molecule has 26 heavy (non-hydrogen) atoms. The molecule has 6 heteroatoms. The highest BCUT2D eigenvalue weighted by atomic mass is 32.2. The van der Waals surface area contributed by atoms with Gasteiger partial charge in [-0.15, -0.1) is 0 Å². The van der Waals surface area contributed by atoms with Crippen molar-refractivity contribution in [1.82, 2.24) is 4.31 Å². The van der Waals surface area contributed by atoms with Crippen LogP contribution in [0.2, 0.25) is 0 Å². The van der Waals surface area contributed by atoms with Gasteiger partial charge in [0, 0.05) is 7.05 Å². The van der Waals surface area contributed by atoms with Crippen LogP contribution in [-0.4, -0.2) is 39.0 Å². The molecule has 0 saturated carbocycles. The van der Waals surface area contributed by atoms with Gasteiger partial charge in [-0.25, -0.2) is 8.42 Å². The van der Waals surface area contributed by atoms with Crippen molar-refractivity contribution in [1.29, 1.82) is 0 Å². The van der Waals surface area contributed by atoms with Crippen LogP contribution in [0.5, 0.6) is 11.5 Å². The first-order chi connectivity index (χ1) is 12.5. The van der Waals surface area contributed by atoms with Gasteiger partial charge in [0.1, 0.15) is 12.7 Å². The Bertz CT molecular complexity index is 1050. The number of fused-ring (bicyclic) bond motifs is 2. The summed E-state index contributed by atoms with van der Waals surface area (Å²) in [4.78, 5) is 0.274. The number of rotatable bonds is 4. The maximum Gasteiger partial charge on any atom is 0.242 e. The molecule has 0 radical (unpaired) electrons. The third kappa shape index (κ3) is 3.13. The van der Waals surface area contributed by atoms with Crippen molar-refractivity contribution >= 4 is 20.8 Å². The van der Waals surface area contributed by atoms with Gasteiger partial charge in [-0.3, -0.25) is 0 Å². The third-order valence-corrected chi connectivity index (χ3v) is 6.28. The van der Waals surface area contributed by atoms with Crippen molar-refractivity contribution < 1.29 is 17.9 Å². The largest absolute Gasteiger partial charge is 0.486 e. The van der Waals surface area contributed by atoms with Crippen molar-refractivity contribution in [2.24, 2.45) is 0 Å². The zero-order valence-corrected chi connectivity index (χ0v) is 15.1. The van der Waals surface area contributed by atoms with E-state index in [9.17, 15) is 8.42 Å². The van der Waals surface area contributed by atoms with Crippen LogP contribution >= 0.6 is 0 Å². The summed E-state index contributed by atoms with van der Waals surface area (Å²) in [5, 5.41) is 1.91. The Hall–Kier alpha value is -2.57. The van der Waals surface area contributed by atoms with Gasteiger partial charge >= 0.3 is 0 Å². The normalized spacial score (nSPS) is 16.8. The molecular formula is C20H19NO4S. The number of sulfonamides is 1. The molecule has 134 valence electrons. The Morgan fingerprint density at radius 1 is 0.962 bits per heavy atom. The van der Waals surface area contributed by atoms with Crippen LogP contribution in [0, 0.1) is 0 Å². The van der Waals surface area contributed by atoms with Gasteiger partial charge in [0.25, 0.3) is 0 Å². The Labute approximate surface area is 152 Å². The van der Waals surface area contributed by atoms with E-state index >= 15 is 0 Å². The summed E-state index contributed by atoms with van der Waals surface area (Å²) in [7, 11) is -2.05. The van der Waals surface area contributed by atoms with E-state index < -0.39 is 10.0 Å². The second-order valence-electron chi connectivity index (χ2n) is 6.29. The number of benzene rings is 3. The lowest BCUT2D eigenvalue weighted by atomic mass is 10.1. The first-order valence-corrected chi connectivity index (χ1v) is 9.82. The van der Waals surface area contributed by atoms with Crippen LogP contribution in [0.4, 0.5) is 0 Å². The highest BCUT2D eigenvalue weighted by molar-refractivity contribution is 7.89. The molecule has 0 fully saturated rings. The van der Waals surface area contributed by atoms with E-state index in [-0.39, 0.29) is 17.5 Å². The van der Waals surface area contributed by atoms with Gasteiger partial charge in [0.15, 0.2) is 11.5 Å². The third-order valence-electron chi connectivity index (χ3n) is 4.46. The lowest BCUT2D eigenvalue weighted by Gasteiger charge is -2.29. The minimum Gasteiger partial charge on any atom is -0.486 e. The molecule has 0 saturated heterocycles. The average Bonchev–Trinajstić information content (AvgIpc) is 2.67. The zero-order chi connectivity index (χ0) is 18.1. The molecule has 5 nitrogen and oxygen atoms in total. The fourth-order valence-corrected chi connectivity index (χ4v) is 4.28. The van der Waals surface area contributed by atoms with Crippen molar-refractivity contribution in [3.05, 3.63) is 66.7 Å². The number of ether oxygens (including phenoxy) is 2. The molecule has 0 aromatic heterocycles. The van der Waals surface area contributed by atoms with Crippen LogP contribution in [-0.2, 0) is 10.0 Å². The van der Waals surface area contributed by atoms with Gasteiger partial charge in [-0.2, -0.15) is 4.31 Å². The second-order valence-corrected chi connectivity index (χ2v) is 8.34. The Morgan fingerprint density at radius 3 is 2.46 bits per heavy atom. The monoisotopic (exact) mass is 369 g/mol. The highest BCUT2D eigenvalue weighted by Crippen LogP contribution is 2.31. The van der Waals surface area contributed by atoms with Crippen LogP contribution in [0.3, 0.4) is 0 Å². The molecule has 0 amide bonds. The predicted molar refractivity (Wildman–Crippen MR) is 100 cm³/mol. The van der Waals surface area contributed by atoms with Crippen LogP contribution in [0.15, 0.2) is 71.6 Å². The van der Waals surface area contributed by atoms with E-state index in [0.29, 0.717) is 18.1 Å². The van der Waals surface area contributed by atoms with E-state index in [1.165, 1.54) is 4.31 Å². The number of para-hydroxylation sites is 2. The van der Waals surface area contributed by atoms with E-state index in [4.69, 9.17) is 9.47 Å². The Kier molecular flexibility index (Phi) is 4.30. The topological polar surface area (TPSA) is 55.8 Å². The smallest absolute Gasteiger partial charge is 0.242 e. The molecule has 1 aliphatic rings. The predicted octanol–water partition coefficient (Wildman–Crippen LogP) is 3.30. The van der Waals surface area contributed by atoms with Crippen LogP contribution < -0.4 is 9.47 Å². The van der Waals surface area contributed by atoms with E-state index in [2.05, 4.69) is 0 Å². The zero-order valence-electron chi connectivity index (χ0n) is 14.3. The van der Waals surface area contributed by atoms with Crippen LogP contribution in [0.25, 0.3) is 10.8 Å². The van der Waals surface area contributed by atoms with Crippen molar-refractivity contribution in [3.63, 3.8) is 0 Å². The molecule has 3 aromatic rings. The first kappa shape index (κ1) is 16.9. The minimum absolute atomic E-state index is 0.212. The van der Waals surface area contributed by atoms with E-state index in [1.54, 1.807) is 19.2 Å². The van der Waals surface area contributed by atoms with E-state index in [1.807, 2.05) is 54.6 Å². The molecule has 0 spiro atoms. The van der Waals surface area contributed by atoms with Gasteiger partial charge in [0.2, 0.25) is 10.0 Å². The quantitative estimate of drug-likeness (QED) is 0.708. The molecule has 1 aliphatic heterocycles. The maximum absolute atomic E-state index is 12.9. The molecular weight excluding hydrogens is 350 g/mol. The highest BCUT2D eigenvalue weighted by Gasteiger charge is 2.28. The summed E-state index contributed by atoms with van der Waals surface area (Å²) in [5.74, 6) is 1.32. The molecule has 4 rings (SSSR count). The van der Waals surface area contributed by atoms with E-state index in [0.717, 1.165) is 10.8 Å². The molecule has 0 aliphatic carbocycles. The first-order valence-electron chi connectivity index (χ1n) is 8.38. The summed E-state index contributed by atoms with van der Waals surface area (Å²) in [6.45, 7) is 0.526. The van der Waals surface area contributed by atoms with Crippen LogP contribution in [0.1, 0.15) is 0 Å². The van der Waals surface area contributed by atoms with Gasteiger partial charge < -0.3 is 9.47 Å². The van der Waals surface area contributed by atoms with Crippen molar-refractivity contribution in [2.45, 2.75) is 11.0 Å². The Balaban J connectivity index is 1.54. The summed E-state index contributed by atoms with van der Waals surface area (Å²) < 4.78 is 38.7. The van der Waals surface area contributed by atoms with Gasteiger partial charge in [-0.1, -0.05) is 42.5 Å². The lowest BCUT2D eigenvalue weighted by Crippen LogP contribution is -2.41. The standard InChI is InChI=1S/C20H19NO4S/c1-21(13-17-14-24-19-8-4-5-9-20(19)25-17)26(22,23)18-11-10-15-6-2-3-7-16(15)12-18/h2-12,17H,13-14H2,1H3/t17-/m0/s1. The molecule has 0 unspecified atom stereocenters. The molecule has 0 bridgehead atoms. The Morgan fingerprint density at radius 2 is 1.65 bits per heavy atom. The van der Waals surface area contributed by atoms with Crippen molar-refractivity contribution in [3.8, 4) is 11.5 Å². The molecule has 0 N–H and O–H groups in total. The maximum atomic E-state index is 12.9. The lowest BCUT2D eigenvalue weighted by molar-refractivity contribution is 0.0798. The molecule has 1 heterocycles. The summed E-state index contributed by atoms with van der Waals surface area (Å²) >= 11 is 0. The number of likely N-dealkylation sites (N-methyl/N-ethyl adjacent to an activating group) is 1. The average molecular weight is 369 g/mol. The number of hydrogen-bond donors (Lipinski definition) is 0. The summed E-state index contributed by atoms with van der Waals surface area (Å²) in [5.41, 5.74) is 0. The molecule has 3 aromatic carbocycles. The summed E-state index contributed by atoms with van der Waals surface area (Å²) in [6, 6.07) is 20.2. The summed E-state index contributed by atoms with van der Waals surface area (Å²) in [6.07, 6.45) is -0.356. The fraction of sp³-hybridized carbons (Fsp3) is 0.200. The number of hydrogen-bond acceptors (Lipinski definition) is 4. The SMILES string of the molecule is CN(C[C@H]1COc2ccccc2O1)S(=O)(=O)c1ccc2ccccc2c1. The van der Waals surface area contributed by atoms with Gasteiger partial charge in [0.05, 0.1) is 11.4 Å².